The Balaban J connectivity index is 1.58. The van der Waals surface area contributed by atoms with Crippen LogP contribution in [0.5, 0.6) is 0 Å². The molecule has 0 saturated carbocycles. The Morgan fingerprint density at radius 1 is 1.12 bits per heavy atom. The third kappa shape index (κ3) is 4.64. The maximum absolute atomic E-state index is 11.7. The number of hydrogen-bond donors (Lipinski definition) is 4. The van der Waals surface area contributed by atoms with E-state index >= 15 is 0 Å². The second-order valence-electron chi connectivity index (χ2n) is 5.36. The first-order valence-corrected chi connectivity index (χ1v) is 8.07. The van der Waals surface area contributed by atoms with Gasteiger partial charge in [0.05, 0.1) is 0 Å². The summed E-state index contributed by atoms with van der Waals surface area (Å²) in [6.45, 7) is 0.0581. The number of hydrogen-bond acceptors (Lipinski definition) is 5. The molecular formula is C17H15ClN4O4. The highest BCUT2D eigenvalue weighted by Crippen LogP contribution is 2.25. The number of rotatable bonds is 6. The molecule has 0 spiro atoms. The van der Waals surface area contributed by atoms with Crippen LogP contribution in [0.4, 0.5) is 22.2 Å². The van der Waals surface area contributed by atoms with Crippen molar-refractivity contribution in [2.45, 2.75) is 6.42 Å². The quantitative estimate of drug-likeness (QED) is 0.521. The molecule has 1 aromatic heterocycles. The predicted octanol–water partition coefficient (Wildman–Crippen LogP) is 3.82. The van der Waals surface area contributed by atoms with Crippen molar-refractivity contribution in [2.24, 2.45) is 0 Å². The van der Waals surface area contributed by atoms with E-state index in [2.05, 4.69) is 20.9 Å². The molecule has 0 bridgehead atoms. The van der Waals surface area contributed by atoms with Crippen LogP contribution in [0, 0.1) is 0 Å². The topological polar surface area (TPSA) is 116 Å². The predicted molar refractivity (Wildman–Crippen MR) is 98.0 cm³/mol. The van der Waals surface area contributed by atoms with Crippen LogP contribution in [-0.4, -0.2) is 28.6 Å². The molecule has 2 amide bonds. The van der Waals surface area contributed by atoms with E-state index in [-0.39, 0.29) is 18.9 Å². The molecule has 3 aromatic rings. The van der Waals surface area contributed by atoms with E-state index in [4.69, 9.17) is 21.1 Å². The zero-order valence-corrected chi connectivity index (χ0v) is 14.2. The van der Waals surface area contributed by atoms with Crippen molar-refractivity contribution < 1.29 is 19.1 Å². The molecular weight excluding hydrogens is 360 g/mol. The van der Waals surface area contributed by atoms with Crippen LogP contribution in [0.3, 0.4) is 0 Å². The molecule has 0 atom stereocenters. The highest BCUT2D eigenvalue weighted by Gasteiger charge is 2.07. The van der Waals surface area contributed by atoms with E-state index in [0.29, 0.717) is 27.8 Å². The van der Waals surface area contributed by atoms with Crippen molar-refractivity contribution in [1.29, 1.82) is 0 Å². The number of carboxylic acid groups (broad SMARTS) is 1. The van der Waals surface area contributed by atoms with Crippen molar-refractivity contribution in [3.05, 3.63) is 47.5 Å². The number of nitrogens with zero attached hydrogens (tertiary/aromatic N) is 1. The van der Waals surface area contributed by atoms with Gasteiger partial charge in [-0.2, -0.15) is 4.98 Å². The molecule has 0 aliphatic rings. The van der Waals surface area contributed by atoms with Crippen molar-refractivity contribution in [2.75, 3.05) is 17.2 Å². The molecule has 1 heterocycles. The number of anilines is 3. The normalized spacial score (nSPS) is 10.5. The largest absolute Gasteiger partial charge is 0.465 e. The number of oxazole rings is 1. The lowest BCUT2D eigenvalue weighted by atomic mass is 10.2. The Morgan fingerprint density at radius 2 is 1.85 bits per heavy atom. The fourth-order valence-corrected chi connectivity index (χ4v) is 2.39. The van der Waals surface area contributed by atoms with Crippen LogP contribution in [0.15, 0.2) is 46.9 Å². The summed E-state index contributed by atoms with van der Waals surface area (Å²) in [5.41, 5.74) is 2.60. The molecule has 134 valence electrons. The van der Waals surface area contributed by atoms with Gasteiger partial charge in [-0.1, -0.05) is 11.6 Å². The van der Waals surface area contributed by atoms with Crippen molar-refractivity contribution in [3.8, 4) is 0 Å². The van der Waals surface area contributed by atoms with Gasteiger partial charge in [0.1, 0.15) is 5.52 Å². The minimum absolute atomic E-state index is 0.0533. The molecule has 0 radical (unpaired) electrons. The SMILES string of the molecule is O=C(O)NCCC(=O)Nc1ccc(Nc2nc3cc(Cl)ccc3o2)cc1. The van der Waals surface area contributed by atoms with Crippen molar-refractivity contribution in [1.82, 2.24) is 10.3 Å². The number of amides is 2. The summed E-state index contributed by atoms with van der Waals surface area (Å²) >= 11 is 5.92. The van der Waals surface area contributed by atoms with E-state index in [9.17, 15) is 9.59 Å². The summed E-state index contributed by atoms with van der Waals surface area (Å²) in [5, 5.41) is 16.9. The van der Waals surface area contributed by atoms with E-state index in [1.54, 1.807) is 42.5 Å². The monoisotopic (exact) mass is 374 g/mol. The van der Waals surface area contributed by atoms with Gasteiger partial charge >= 0.3 is 6.09 Å². The van der Waals surface area contributed by atoms with E-state index in [1.165, 1.54) is 0 Å². The second kappa shape index (κ2) is 7.75. The lowest BCUT2D eigenvalue weighted by molar-refractivity contribution is -0.116. The number of benzene rings is 2. The van der Waals surface area contributed by atoms with Crippen molar-refractivity contribution >= 4 is 52.1 Å². The Kier molecular flexibility index (Phi) is 5.23. The maximum Gasteiger partial charge on any atom is 0.404 e. The summed E-state index contributed by atoms with van der Waals surface area (Å²) in [6.07, 6.45) is -1.10. The van der Waals surface area contributed by atoms with Gasteiger partial charge in [-0.3, -0.25) is 4.79 Å². The van der Waals surface area contributed by atoms with Crippen molar-refractivity contribution in [3.63, 3.8) is 0 Å². The Morgan fingerprint density at radius 3 is 2.58 bits per heavy atom. The van der Waals surface area contributed by atoms with Gasteiger partial charge in [0.25, 0.3) is 6.01 Å². The third-order valence-corrected chi connectivity index (χ3v) is 3.63. The zero-order chi connectivity index (χ0) is 18.5. The number of halogens is 1. The highest BCUT2D eigenvalue weighted by atomic mass is 35.5. The molecule has 0 saturated heterocycles. The lowest BCUT2D eigenvalue weighted by Gasteiger charge is -2.07. The molecule has 0 fully saturated rings. The average Bonchev–Trinajstić information content (AvgIpc) is 2.97. The van der Waals surface area contributed by atoms with Crippen LogP contribution in [-0.2, 0) is 4.79 Å². The van der Waals surface area contributed by atoms with Gasteiger partial charge in [0, 0.05) is 29.4 Å². The van der Waals surface area contributed by atoms with E-state index < -0.39 is 6.09 Å². The summed E-state index contributed by atoms with van der Waals surface area (Å²) in [6, 6.07) is 12.5. The van der Waals surface area contributed by atoms with Crippen LogP contribution < -0.4 is 16.0 Å². The third-order valence-electron chi connectivity index (χ3n) is 3.40. The maximum atomic E-state index is 11.7. The number of fused-ring (bicyclic) bond motifs is 1. The first-order chi connectivity index (χ1) is 12.5. The van der Waals surface area contributed by atoms with Gasteiger partial charge in [-0.05, 0) is 42.5 Å². The zero-order valence-electron chi connectivity index (χ0n) is 13.5. The summed E-state index contributed by atoms with van der Waals surface area (Å²) in [7, 11) is 0. The van der Waals surface area contributed by atoms with E-state index in [1.807, 2.05) is 0 Å². The number of nitrogens with one attached hydrogen (secondary N) is 3. The molecule has 0 unspecified atom stereocenters. The molecule has 0 aliphatic carbocycles. The molecule has 26 heavy (non-hydrogen) atoms. The van der Waals surface area contributed by atoms with E-state index in [0.717, 1.165) is 5.69 Å². The summed E-state index contributed by atoms with van der Waals surface area (Å²) in [5.74, 6) is -0.282. The Bertz CT molecular complexity index is 940. The first-order valence-electron chi connectivity index (χ1n) is 7.69. The van der Waals surface area contributed by atoms with Gasteiger partial charge in [-0.25, -0.2) is 4.79 Å². The fraction of sp³-hybridized carbons (Fsp3) is 0.118. The minimum Gasteiger partial charge on any atom is -0.465 e. The van der Waals surface area contributed by atoms with Gasteiger partial charge < -0.3 is 25.5 Å². The molecule has 0 aliphatic heterocycles. The average molecular weight is 375 g/mol. The molecule has 8 nitrogen and oxygen atoms in total. The fourth-order valence-electron chi connectivity index (χ4n) is 2.22. The van der Waals surface area contributed by atoms with Gasteiger partial charge in [0.2, 0.25) is 5.91 Å². The minimum atomic E-state index is -1.16. The summed E-state index contributed by atoms with van der Waals surface area (Å²) < 4.78 is 5.58. The molecule has 4 N–H and O–H groups in total. The lowest BCUT2D eigenvalue weighted by Crippen LogP contribution is -2.25. The van der Waals surface area contributed by atoms with Crippen LogP contribution in [0.25, 0.3) is 11.1 Å². The standard InChI is InChI=1S/C17H15ClN4O4/c18-10-1-6-14-13(9-10)22-16(26-14)21-12-4-2-11(3-5-12)20-15(23)7-8-19-17(24)25/h1-6,9,19H,7-8H2,(H,20,23)(H,21,22)(H,24,25). The van der Waals surface area contributed by atoms with Gasteiger partial charge in [-0.15, -0.1) is 0 Å². The number of carbonyl (C=O) groups excluding carboxylic acids is 1. The Labute approximate surface area is 153 Å². The molecule has 9 heteroatoms. The highest BCUT2D eigenvalue weighted by molar-refractivity contribution is 6.31. The van der Waals surface area contributed by atoms with Crippen LogP contribution >= 0.6 is 11.6 Å². The van der Waals surface area contributed by atoms with Crippen LogP contribution in [0.1, 0.15) is 6.42 Å². The van der Waals surface area contributed by atoms with Gasteiger partial charge in [0.15, 0.2) is 5.58 Å². The number of aromatic nitrogens is 1. The molecule has 3 rings (SSSR count). The smallest absolute Gasteiger partial charge is 0.404 e. The molecule has 2 aromatic carbocycles. The number of carbonyl (C=O) groups is 2. The first kappa shape index (κ1) is 17.6. The second-order valence-corrected chi connectivity index (χ2v) is 5.80. The summed E-state index contributed by atoms with van der Waals surface area (Å²) in [4.78, 5) is 26.3. The Hall–Kier alpha value is -3.26. The van der Waals surface area contributed by atoms with Crippen LogP contribution in [0.2, 0.25) is 5.02 Å².